The molecule has 0 radical (unpaired) electrons. The average molecular weight is 275 g/mol. The van der Waals surface area contributed by atoms with Crippen molar-refractivity contribution in [3.63, 3.8) is 0 Å². The van der Waals surface area contributed by atoms with Crippen LogP contribution < -0.4 is 0 Å². The SMILES string of the molecule is BrCC1(COCCc2cccs2)CC1. The Morgan fingerprint density at radius 1 is 1.50 bits per heavy atom. The molecule has 0 amide bonds. The quantitative estimate of drug-likeness (QED) is 0.570. The van der Waals surface area contributed by atoms with E-state index in [9.17, 15) is 0 Å². The highest BCUT2D eigenvalue weighted by atomic mass is 79.9. The molecular formula is C11H15BrOS. The van der Waals surface area contributed by atoms with Gasteiger partial charge in [-0.15, -0.1) is 11.3 Å². The Labute approximate surface area is 97.6 Å². The normalized spacial score (nSPS) is 18.4. The summed E-state index contributed by atoms with van der Waals surface area (Å²) in [5, 5.41) is 3.22. The number of hydrogen-bond acceptors (Lipinski definition) is 2. The second-order valence-electron chi connectivity index (χ2n) is 4.02. The summed E-state index contributed by atoms with van der Waals surface area (Å²) in [7, 11) is 0. The van der Waals surface area contributed by atoms with Crippen molar-refractivity contribution in [3.8, 4) is 0 Å². The van der Waals surface area contributed by atoms with Gasteiger partial charge < -0.3 is 4.74 Å². The third kappa shape index (κ3) is 2.81. The fraction of sp³-hybridized carbons (Fsp3) is 0.636. The molecule has 0 saturated heterocycles. The van der Waals surface area contributed by atoms with Crippen molar-refractivity contribution in [3.05, 3.63) is 22.4 Å². The Bertz CT molecular complexity index is 267. The standard InChI is InChI=1S/C11H15BrOS/c12-8-11(4-5-11)9-13-6-3-10-2-1-7-14-10/h1-2,7H,3-6,8-9H2. The molecule has 0 N–H and O–H groups in total. The molecule has 0 aromatic carbocycles. The maximum absolute atomic E-state index is 5.70. The van der Waals surface area contributed by atoms with Gasteiger partial charge in [0.05, 0.1) is 13.2 Å². The molecule has 1 saturated carbocycles. The van der Waals surface area contributed by atoms with Crippen molar-refractivity contribution in [2.75, 3.05) is 18.5 Å². The van der Waals surface area contributed by atoms with E-state index in [0.717, 1.165) is 25.0 Å². The van der Waals surface area contributed by atoms with Crippen LogP contribution in [0.15, 0.2) is 17.5 Å². The van der Waals surface area contributed by atoms with Gasteiger partial charge in [-0.1, -0.05) is 22.0 Å². The number of ether oxygens (including phenoxy) is 1. The van der Waals surface area contributed by atoms with Gasteiger partial charge in [-0.2, -0.15) is 0 Å². The van der Waals surface area contributed by atoms with E-state index in [2.05, 4.69) is 33.4 Å². The molecule has 1 aromatic rings. The molecule has 78 valence electrons. The Kier molecular flexibility index (Phi) is 3.63. The summed E-state index contributed by atoms with van der Waals surface area (Å²) in [6.07, 6.45) is 3.73. The van der Waals surface area contributed by atoms with Gasteiger partial charge in [-0.25, -0.2) is 0 Å². The number of thiophene rings is 1. The lowest BCUT2D eigenvalue weighted by molar-refractivity contribution is 0.101. The summed E-state index contributed by atoms with van der Waals surface area (Å²) in [5.74, 6) is 0. The van der Waals surface area contributed by atoms with Gasteiger partial charge in [0, 0.05) is 22.0 Å². The van der Waals surface area contributed by atoms with Gasteiger partial charge in [0.2, 0.25) is 0 Å². The van der Waals surface area contributed by atoms with Crippen LogP contribution in [-0.2, 0) is 11.2 Å². The molecule has 3 heteroatoms. The summed E-state index contributed by atoms with van der Waals surface area (Å²) in [6, 6.07) is 4.27. The van der Waals surface area contributed by atoms with E-state index in [1.165, 1.54) is 17.7 Å². The monoisotopic (exact) mass is 274 g/mol. The molecule has 0 atom stereocenters. The molecule has 0 spiro atoms. The van der Waals surface area contributed by atoms with Gasteiger partial charge >= 0.3 is 0 Å². The molecule has 0 unspecified atom stereocenters. The molecule has 1 aliphatic carbocycles. The number of alkyl halides is 1. The van der Waals surface area contributed by atoms with Gasteiger partial charge in [-0.05, 0) is 24.3 Å². The fourth-order valence-corrected chi connectivity index (χ4v) is 2.82. The molecule has 1 nitrogen and oxygen atoms in total. The number of rotatable bonds is 6. The van der Waals surface area contributed by atoms with Crippen LogP contribution in [-0.4, -0.2) is 18.5 Å². The topological polar surface area (TPSA) is 9.23 Å². The zero-order valence-corrected chi connectivity index (χ0v) is 10.6. The van der Waals surface area contributed by atoms with E-state index in [0.29, 0.717) is 5.41 Å². The molecule has 14 heavy (non-hydrogen) atoms. The summed E-state index contributed by atoms with van der Waals surface area (Å²) in [5.41, 5.74) is 0.495. The lowest BCUT2D eigenvalue weighted by atomic mass is 10.2. The minimum absolute atomic E-state index is 0.495. The van der Waals surface area contributed by atoms with Crippen LogP contribution >= 0.6 is 27.3 Å². The molecule has 0 bridgehead atoms. The van der Waals surface area contributed by atoms with Crippen LogP contribution in [0, 0.1) is 5.41 Å². The summed E-state index contributed by atoms with van der Waals surface area (Å²) in [4.78, 5) is 1.42. The van der Waals surface area contributed by atoms with Crippen molar-refractivity contribution in [1.82, 2.24) is 0 Å². The first-order valence-electron chi connectivity index (χ1n) is 5.01. The molecule has 0 aliphatic heterocycles. The zero-order valence-electron chi connectivity index (χ0n) is 8.17. The smallest absolute Gasteiger partial charge is 0.0530 e. The van der Waals surface area contributed by atoms with E-state index < -0.39 is 0 Å². The molecule has 1 aromatic heterocycles. The van der Waals surface area contributed by atoms with Crippen LogP contribution in [0.25, 0.3) is 0 Å². The molecular weight excluding hydrogens is 260 g/mol. The van der Waals surface area contributed by atoms with Gasteiger partial charge in [0.1, 0.15) is 0 Å². The minimum Gasteiger partial charge on any atom is -0.380 e. The van der Waals surface area contributed by atoms with Crippen molar-refractivity contribution in [1.29, 1.82) is 0 Å². The maximum Gasteiger partial charge on any atom is 0.0530 e. The summed E-state index contributed by atoms with van der Waals surface area (Å²) >= 11 is 5.36. The van der Waals surface area contributed by atoms with Gasteiger partial charge in [0.15, 0.2) is 0 Å². The van der Waals surface area contributed by atoms with E-state index in [1.54, 1.807) is 0 Å². The Balaban J connectivity index is 1.60. The van der Waals surface area contributed by atoms with E-state index in [1.807, 2.05) is 11.3 Å². The Hall–Kier alpha value is 0.140. The molecule has 1 fully saturated rings. The number of hydrogen-bond donors (Lipinski definition) is 0. The Morgan fingerprint density at radius 3 is 2.93 bits per heavy atom. The predicted molar refractivity (Wildman–Crippen MR) is 64.3 cm³/mol. The van der Waals surface area contributed by atoms with Crippen molar-refractivity contribution < 1.29 is 4.74 Å². The first-order chi connectivity index (χ1) is 6.85. The van der Waals surface area contributed by atoms with Crippen LogP contribution in [0.4, 0.5) is 0 Å². The second-order valence-corrected chi connectivity index (χ2v) is 5.61. The van der Waals surface area contributed by atoms with Crippen molar-refractivity contribution in [2.24, 2.45) is 5.41 Å². The first kappa shape index (κ1) is 10.7. The lowest BCUT2D eigenvalue weighted by Crippen LogP contribution is -2.13. The van der Waals surface area contributed by atoms with E-state index in [4.69, 9.17) is 4.74 Å². The van der Waals surface area contributed by atoms with E-state index in [-0.39, 0.29) is 0 Å². The molecule has 1 aliphatic rings. The third-order valence-corrected chi connectivity index (χ3v) is 4.85. The highest BCUT2D eigenvalue weighted by Gasteiger charge is 2.41. The fourth-order valence-electron chi connectivity index (χ4n) is 1.41. The summed E-state index contributed by atoms with van der Waals surface area (Å²) < 4.78 is 5.70. The van der Waals surface area contributed by atoms with Gasteiger partial charge in [0.25, 0.3) is 0 Å². The van der Waals surface area contributed by atoms with Crippen molar-refractivity contribution in [2.45, 2.75) is 19.3 Å². The van der Waals surface area contributed by atoms with Crippen LogP contribution in [0.5, 0.6) is 0 Å². The van der Waals surface area contributed by atoms with Gasteiger partial charge in [-0.3, -0.25) is 0 Å². The predicted octanol–water partition coefficient (Wildman–Crippen LogP) is 3.48. The highest BCUT2D eigenvalue weighted by Crippen LogP contribution is 2.47. The third-order valence-electron chi connectivity index (χ3n) is 2.72. The number of halogens is 1. The largest absolute Gasteiger partial charge is 0.380 e. The lowest BCUT2D eigenvalue weighted by Gasteiger charge is -2.11. The van der Waals surface area contributed by atoms with E-state index >= 15 is 0 Å². The Morgan fingerprint density at radius 2 is 2.36 bits per heavy atom. The molecule has 1 heterocycles. The van der Waals surface area contributed by atoms with Crippen molar-refractivity contribution >= 4 is 27.3 Å². The second kappa shape index (κ2) is 4.77. The highest BCUT2D eigenvalue weighted by molar-refractivity contribution is 9.09. The molecule has 2 rings (SSSR count). The zero-order chi connectivity index (χ0) is 9.86. The van der Waals surface area contributed by atoms with Crippen LogP contribution in [0.3, 0.4) is 0 Å². The minimum atomic E-state index is 0.495. The van der Waals surface area contributed by atoms with Crippen LogP contribution in [0.2, 0.25) is 0 Å². The van der Waals surface area contributed by atoms with Crippen LogP contribution in [0.1, 0.15) is 17.7 Å². The summed E-state index contributed by atoms with van der Waals surface area (Å²) in [6.45, 7) is 1.80. The first-order valence-corrected chi connectivity index (χ1v) is 7.01. The maximum atomic E-state index is 5.70. The average Bonchev–Trinajstić information content (AvgIpc) is 2.81.